The highest BCUT2D eigenvalue weighted by molar-refractivity contribution is 5.93. The van der Waals surface area contributed by atoms with Crippen LogP contribution in [0.1, 0.15) is 49.4 Å². The number of piperidine rings is 2. The maximum absolute atomic E-state index is 11.2. The van der Waals surface area contributed by atoms with Gasteiger partial charge in [0.25, 0.3) is 0 Å². The van der Waals surface area contributed by atoms with Crippen LogP contribution in [0.3, 0.4) is 0 Å². The van der Waals surface area contributed by atoms with Crippen LogP contribution in [0.15, 0.2) is 24.3 Å². The van der Waals surface area contributed by atoms with Gasteiger partial charge in [-0.1, -0.05) is 6.92 Å². The summed E-state index contributed by atoms with van der Waals surface area (Å²) in [5.74, 6) is -0.354. The molecular weight excluding hydrogens is 262 g/mol. The van der Waals surface area contributed by atoms with Crippen LogP contribution >= 0.6 is 0 Å². The Hall–Kier alpha value is -1.55. The zero-order valence-corrected chi connectivity index (χ0v) is 12.7. The van der Waals surface area contributed by atoms with Crippen molar-refractivity contribution in [3.8, 4) is 0 Å². The minimum absolute atomic E-state index is 0.354. The molecule has 2 saturated heterocycles. The highest BCUT2D eigenvalue weighted by Gasteiger charge is 2.37. The van der Waals surface area contributed by atoms with Crippen LogP contribution in [-0.4, -0.2) is 30.6 Å². The second-order valence-electron chi connectivity index (χ2n) is 6.28. The highest BCUT2D eigenvalue weighted by Crippen LogP contribution is 2.37. The fraction of sp³-hybridized carbons (Fsp3) is 0.588. The van der Waals surface area contributed by atoms with E-state index in [0.29, 0.717) is 23.7 Å². The number of primary amides is 1. The number of anilines is 1. The van der Waals surface area contributed by atoms with Gasteiger partial charge in [-0.2, -0.15) is 0 Å². The molecule has 21 heavy (non-hydrogen) atoms. The topological polar surface area (TPSA) is 58.4 Å². The molecule has 114 valence electrons. The van der Waals surface area contributed by atoms with E-state index in [9.17, 15) is 4.79 Å². The van der Waals surface area contributed by atoms with Gasteiger partial charge in [-0.05, 0) is 62.9 Å². The Kier molecular flexibility index (Phi) is 4.15. The van der Waals surface area contributed by atoms with Gasteiger partial charge in [0.2, 0.25) is 5.91 Å². The largest absolute Gasteiger partial charge is 0.366 e. The van der Waals surface area contributed by atoms with E-state index in [1.54, 1.807) is 0 Å². The van der Waals surface area contributed by atoms with E-state index in [1.165, 1.54) is 37.8 Å². The van der Waals surface area contributed by atoms with Gasteiger partial charge in [0, 0.05) is 29.4 Å². The Balaban J connectivity index is 1.80. The number of fused-ring (bicyclic) bond motifs is 2. The van der Waals surface area contributed by atoms with Crippen LogP contribution in [0.4, 0.5) is 5.69 Å². The van der Waals surface area contributed by atoms with Crippen molar-refractivity contribution < 1.29 is 4.79 Å². The zero-order chi connectivity index (χ0) is 14.8. The monoisotopic (exact) mass is 287 g/mol. The summed E-state index contributed by atoms with van der Waals surface area (Å²) in [4.78, 5) is 13.8. The van der Waals surface area contributed by atoms with Crippen molar-refractivity contribution in [3.63, 3.8) is 0 Å². The normalized spacial score (nSPS) is 28.4. The van der Waals surface area contributed by atoms with E-state index in [2.05, 4.69) is 29.3 Å². The minimum atomic E-state index is -0.354. The molecule has 0 radical (unpaired) electrons. The maximum atomic E-state index is 11.2. The number of nitrogens with zero attached hydrogens (tertiary/aromatic N) is 1. The quantitative estimate of drug-likeness (QED) is 0.893. The molecule has 2 heterocycles. The second-order valence-corrected chi connectivity index (χ2v) is 6.28. The minimum Gasteiger partial charge on any atom is -0.366 e. The molecule has 4 nitrogen and oxygen atoms in total. The molecule has 2 atom stereocenters. The standard InChI is InChI=1S/C17H25N3O/c1-2-19-13-10-15-4-3-5-16(11-13)20(15)14-8-6-12(7-9-14)17(18)21/h6-9,13,15-16,19H,2-5,10-11H2,1H3,(H2,18,21). The first kappa shape index (κ1) is 14.4. The first-order valence-corrected chi connectivity index (χ1v) is 8.10. The lowest BCUT2D eigenvalue weighted by Gasteiger charge is -2.50. The van der Waals surface area contributed by atoms with Crippen LogP contribution in [0.25, 0.3) is 0 Å². The van der Waals surface area contributed by atoms with Crippen molar-refractivity contribution in [2.75, 3.05) is 11.4 Å². The van der Waals surface area contributed by atoms with Gasteiger partial charge < -0.3 is 16.0 Å². The van der Waals surface area contributed by atoms with Gasteiger partial charge in [0.1, 0.15) is 0 Å². The molecule has 3 N–H and O–H groups in total. The zero-order valence-electron chi connectivity index (χ0n) is 12.7. The first-order chi connectivity index (χ1) is 10.2. The van der Waals surface area contributed by atoms with E-state index >= 15 is 0 Å². The predicted molar refractivity (Wildman–Crippen MR) is 85.6 cm³/mol. The second kappa shape index (κ2) is 6.06. The van der Waals surface area contributed by atoms with E-state index < -0.39 is 0 Å². The fourth-order valence-corrected chi connectivity index (χ4v) is 4.06. The van der Waals surface area contributed by atoms with E-state index in [1.807, 2.05) is 12.1 Å². The summed E-state index contributed by atoms with van der Waals surface area (Å²) in [6.07, 6.45) is 6.33. The summed E-state index contributed by atoms with van der Waals surface area (Å²) in [6.45, 7) is 3.24. The number of nitrogens with two attached hydrogens (primary N) is 1. The van der Waals surface area contributed by atoms with Crippen LogP contribution in [0, 0.1) is 0 Å². The fourth-order valence-electron chi connectivity index (χ4n) is 4.06. The third-order valence-electron chi connectivity index (χ3n) is 4.92. The van der Waals surface area contributed by atoms with Crippen molar-refractivity contribution in [2.24, 2.45) is 5.73 Å². The Morgan fingerprint density at radius 3 is 2.38 bits per heavy atom. The number of hydrogen-bond donors (Lipinski definition) is 2. The van der Waals surface area contributed by atoms with Gasteiger partial charge in [0.15, 0.2) is 0 Å². The molecule has 1 aromatic carbocycles. The summed E-state index contributed by atoms with van der Waals surface area (Å²) in [5, 5.41) is 3.62. The van der Waals surface area contributed by atoms with Crippen LogP contribution in [0.2, 0.25) is 0 Å². The molecule has 0 spiro atoms. The Morgan fingerprint density at radius 2 is 1.86 bits per heavy atom. The van der Waals surface area contributed by atoms with Crippen molar-refractivity contribution in [2.45, 2.75) is 57.2 Å². The molecule has 0 aliphatic carbocycles. The number of rotatable bonds is 4. The lowest BCUT2D eigenvalue weighted by Crippen LogP contribution is -2.56. The summed E-state index contributed by atoms with van der Waals surface area (Å²) in [6, 6.07) is 9.72. The van der Waals surface area contributed by atoms with Gasteiger partial charge in [-0.3, -0.25) is 4.79 Å². The summed E-state index contributed by atoms with van der Waals surface area (Å²) >= 11 is 0. The maximum Gasteiger partial charge on any atom is 0.248 e. The number of hydrogen-bond acceptors (Lipinski definition) is 3. The number of nitrogens with one attached hydrogen (secondary N) is 1. The Morgan fingerprint density at radius 1 is 1.24 bits per heavy atom. The van der Waals surface area contributed by atoms with Crippen molar-refractivity contribution >= 4 is 11.6 Å². The van der Waals surface area contributed by atoms with Crippen molar-refractivity contribution in [1.29, 1.82) is 0 Å². The lowest BCUT2D eigenvalue weighted by atomic mass is 9.81. The third-order valence-corrected chi connectivity index (χ3v) is 4.92. The molecule has 1 amide bonds. The summed E-state index contributed by atoms with van der Waals surface area (Å²) < 4.78 is 0. The number of carbonyl (C=O) groups excluding carboxylic acids is 1. The number of amides is 1. The Labute approximate surface area is 126 Å². The molecule has 2 unspecified atom stereocenters. The Bertz CT molecular complexity index is 485. The SMILES string of the molecule is CCNC1CC2CCCC(C1)N2c1ccc(C(N)=O)cc1. The molecule has 0 saturated carbocycles. The van der Waals surface area contributed by atoms with E-state index in [-0.39, 0.29) is 5.91 Å². The average Bonchev–Trinajstić information content (AvgIpc) is 2.47. The molecule has 2 aliphatic heterocycles. The summed E-state index contributed by atoms with van der Waals surface area (Å²) in [7, 11) is 0. The lowest BCUT2D eigenvalue weighted by molar-refractivity contribution is 0.100. The molecule has 1 aromatic rings. The van der Waals surface area contributed by atoms with Gasteiger partial charge in [-0.15, -0.1) is 0 Å². The average molecular weight is 287 g/mol. The molecule has 2 bridgehead atoms. The summed E-state index contributed by atoms with van der Waals surface area (Å²) in [5.41, 5.74) is 7.15. The molecule has 2 aliphatic rings. The van der Waals surface area contributed by atoms with E-state index in [0.717, 1.165) is 6.54 Å². The smallest absolute Gasteiger partial charge is 0.248 e. The predicted octanol–water partition coefficient (Wildman–Crippen LogP) is 2.28. The van der Waals surface area contributed by atoms with Crippen molar-refractivity contribution in [3.05, 3.63) is 29.8 Å². The van der Waals surface area contributed by atoms with Crippen LogP contribution in [-0.2, 0) is 0 Å². The molecule has 4 heteroatoms. The van der Waals surface area contributed by atoms with E-state index in [4.69, 9.17) is 5.73 Å². The molecular formula is C17H25N3O. The van der Waals surface area contributed by atoms with Gasteiger partial charge in [0.05, 0.1) is 0 Å². The number of carbonyl (C=O) groups is 1. The van der Waals surface area contributed by atoms with Gasteiger partial charge in [-0.25, -0.2) is 0 Å². The molecule has 3 rings (SSSR count). The molecule has 2 fully saturated rings. The molecule has 0 aromatic heterocycles. The van der Waals surface area contributed by atoms with Crippen LogP contribution < -0.4 is 16.0 Å². The first-order valence-electron chi connectivity index (χ1n) is 8.10. The highest BCUT2D eigenvalue weighted by atomic mass is 16.1. The third kappa shape index (κ3) is 2.91. The van der Waals surface area contributed by atoms with Crippen LogP contribution in [0.5, 0.6) is 0 Å². The van der Waals surface area contributed by atoms with Gasteiger partial charge >= 0.3 is 0 Å². The number of benzene rings is 1. The van der Waals surface area contributed by atoms with Crippen molar-refractivity contribution in [1.82, 2.24) is 5.32 Å².